The number of benzene rings is 1. The van der Waals surface area contributed by atoms with E-state index in [1.807, 2.05) is 12.1 Å². The van der Waals surface area contributed by atoms with Crippen molar-refractivity contribution in [3.8, 4) is 0 Å². The van der Waals surface area contributed by atoms with E-state index < -0.39 is 0 Å². The molecule has 0 aromatic heterocycles. The summed E-state index contributed by atoms with van der Waals surface area (Å²) >= 11 is 6.29. The molecule has 0 saturated heterocycles. The molecule has 1 aromatic rings. The van der Waals surface area contributed by atoms with Crippen molar-refractivity contribution in [2.45, 2.75) is 38.8 Å². The van der Waals surface area contributed by atoms with Gasteiger partial charge in [0.2, 0.25) is 0 Å². The number of nitrogens with one attached hydrogen (secondary N) is 2. The van der Waals surface area contributed by atoms with Crippen LogP contribution in [0.5, 0.6) is 0 Å². The van der Waals surface area contributed by atoms with E-state index in [4.69, 9.17) is 11.6 Å². The number of hydrogen-bond acceptors (Lipinski definition) is 2. The molecule has 1 heterocycles. The van der Waals surface area contributed by atoms with Crippen LogP contribution >= 0.6 is 11.6 Å². The minimum atomic E-state index is 0.110. The monoisotopic (exact) mass is 238 g/mol. The molecule has 0 aliphatic carbocycles. The van der Waals surface area contributed by atoms with Gasteiger partial charge in [-0.2, -0.15) is 0 Å². The standard InChI is InChI=1S/C13H19ClN2/c1-13(2,3)16-11-7-8-15-10-6-4-5-9(14)12(10)11/h4-6,11,15-16H,7-8H2,1-3H3. The Labute approximate surface area is 102 Å². The van der Waals surface area contributed by atoms with E-state index in [0.717, 1.165) is 18.0 Å². The minimum absolute atomic E-state index is 0.110. The highest BCUT2D eigenvalue weighted by molar-refractivity contribution is 6.31. The molecular formula is C13H19ClN2. The largest absolute Gasteiger partial charge is 0.385 e. The Kier molecular flexibility index (Phi) is 3.13. The molecule has 0 spiro atoms. The van der Waals surface area contributed by atoms with Gasteiger partial charge in [-0.25, -0.2) is 0 Å². The zero-order chi connectivity index (χ0) is 11.8. The normalized spacial score (nSPS) is 20.1. The molecule has 2 N–H and O–H groups in total. The third-order valence-electron chi connectivity index (χ3n) is 2.76. The van der Waals surface area contributed by atoms with Gasteiger partial charge in [0, 0.05) is 34.4 Å². The number of halogens is 1. The fourth-order valence-electron chi connectivity index (χ4n) is 2.21. The topological polar surface area (TPSA) is 24.1 Å². The van der Waals surface area contributed by atoms with E-state index in [0.29, 0.717) is 6.04 Å². The van der Waals surface area contributed by atoms with Crippen molar-refractivity contribution in [1.82, 2.24) is 5.32 Å². The smallest absolute Gasteiger partial charge is 0.0474 e. The molecule has 16 heavy (non-hydrogen) atoms. The van der Waals surface area contributed by atoms with Crippen LogP contribution < -0.4 is 10.6 Å². The highest BCUT2D eigenvalue weighted by Gasteiger charge is 2.25. The van der Waals surface area contributed by atoms with Gasteiger partial charge in [0.25, 0.3) is 0 Å². The van der Waals surface area contributed by atoms with E-state index in [9.17, 15) is 0 Å². The summed E-state index contributed by atoms with van der Waals surface area (Å²) in [7, 11) is 0. The van der Waals surface area contributed by atoms with Gasteiger partial charge in [0.15, 0.2) is 0 Å². The molecule has 3 heteroatoms. The third-order valence-corrected chi connectivity index (χ3v) is 3.09. The SMILES string of the molecule is CC(C)(C)NC1CCNc2cccc(Cl)c21. The van der Waals surface area contributed by atoms with Gasteiger partial charge in [-0.05, 0) is 39.3 Å². The summed E-state index contributed by atoms with van der Waals surface area (Å²) in [4.78, 5) is 0. The fourth-order valence-corrected chi connectivity index (χ4v) is 2.51. The van der Waals surface area contributed by atoms with Gasteiger partial charge < -0.3 is 10.6 Å². The number of fused-ring (bicyclic) bond motifs is 1. The molecule has 0 amide bonds. The highest BCUT2D eigenvalue weighted by Crippen LogP contribution is 2.36. The Morgan fingerprint density at radius 1 is 1.38 bits per heavy atom. The number of rotatable bonds is 1. The van der Waals surface area contributed by atoms with Crippen LogP contribution in [0.4, 0.5) is 5.69 Å². The molecule has 0 radical (unpaired) electrons. The molecule has 2 rings (SSSR count). The second-order valence-corrected chi connectivity index (χ2v) is 5.77. The Balaban J connectivity index is 2.32. The van der Waals surface area contributed by atoms with Gasteiger partial charge in [-0.3, -0.25) is 0 Å². The van der Waals surface area contributed by atoms with Crippen LogP contribution in [0.15, 0.2) is 18.2 Å². The first kappa shape index (κ1) is 11.7. The molecule has 0 fully saturated rings. The average molecular weight is 239 g/mol. The van der Waals surface area contributed by atoms with Gasteiger partial charge >= 0.3 is 0 Å². The van der Waals surface area contributed by atoms with Crippen LogP contribution in [0.2, 0.25) is 5.02 Å². The molecule has 1 unspecified atom stereocenters. The van der Waals surface area contributed by atoms with Crippen molar-refractivity contribution in [3.05, 3.63) is 28.8 Å². The summed E-state index contributed by atoms with van der Waals surface area (Å²) in [5, 5.41) is 7.88. The van der Waals surface area contributed by atoms with Crippen LogP contribution in [0.3, 0.4) is 0 Å². The lowest BCUT2D eigenvalue weighted by molar-refractivity contribution is 0.351. The molecule has 0 saturated carbocycles. The summed E-state index contributed by atoms with van der Waals surface area (Å²) in [6.45, 7) is 7.56. The zero-order valence-electron chi connectivity index (χ0n) is 10.1. The predicted molar refractivity (Wildman–Crippen MR) is 70.2 cm³/mol. The molecule has 1 aliphatic heterocycles. The Morgan fingerprint density at radius 3 is 2.81 bits per heavy atom. The van der Waals surface area contributed by atoms with E-state index in [-0.39, 0.29) is 5.54 Å². The van der Waals surface area contributed by atoms with Crippen molar-refractivity contribution in [2.24, 2.45) is 0 Å². The second-order valence-electron chi connectivity index (χ2n) is 5.36. The average Bonchev–Trinajstić information content (AvgIpc) is 2.15. The van der Waals surface area contributed by atoms with Crippen molar-refractivity contribution < 1.29 is 0 Å². The molecule has 2 nitrogen and oxygen atoms in total. The maximum absolute atomic E-state index is 6.29. The van der Waals surface area contributed by atoms with Crippen LogP contribution in [-0.2, 0) is 0 Å². The fraction of sp³-hybridized carbons (Fsp3) is 0.538. The van der Waals surface area contributed by atoms with Crippen molar-refractivity contribution in [1.29, 1.82) is 0 Å². The van der Waals surface area contributed by atoms with E-state index in [2.05, 4.69) is 37.5 Å². The van der Waals surface area contributed by atoms with E-state index in [1.165, 1.54) is 11.3 Å². The van der Waals surface area contributed by atoms with Gasteiger partial charge in [-0.1, -0.05) is 17.7 Å². The Hall–Kier alpha value is -0.730. The maximum Gasteiger partial charge on any atom is 0.0474 e. The molecular weight excluding hydrogens is 220 g/mol. The summed E-state index contributed by atoms with van der Waals surface area (Å²) in [5.41, 5.74) is 2.49. The second kappa shape index (κ2) is 4.27. The molecule has 1 aliphatic rings. The summed E-state index contributed by atoms with van der Waals surface area (Å²) < 4.78 is 0. The lowest BCUT2D eigenvalue weighted by Crippen LogP contribution is -2.41. The van der Waals surface area contributed by atoms with E-state index in [1.54, 1.807) is 0 Å². The molecule has 1 atom stereocenters. The van der Waals surface area contributed by atoms with Gasteiger partial charge in [0.1, 0.15) is 0 Å². The predicted octanol–water partition coefficient (Wildman–Crippen LogP) is 3.58. The van der Waals surface area contributed by atoms with Gasteiger partial charge in [0.05, 0.1) is 0 Å². The third kappa shape index (κ3) is 2.50. The lowest BCUT2D eigenvalue weighted by atomic mass is 9.95. The van der Waals surface area contributed by atoms with Crippen LogP contribution in [0, 0.1) is 0 Å². The number of anilines is 1. The molecule has 1 aromatic carbocycles. The maximum atomic E-state index is 6.29. The number of hydrogen-bond donors (Lipinski definition) is 2. The first-order chi connectivity index (χ1) is 7.47. The van der Waals surface area contributed by atoms with Crippen molar-refractivity contribution in [3.63, 3.8) is 0 Å². The zero-order valence-corrected chi connectivity index (χ0v) is 10.9. The Bertz CT molecular complexity index is 382. The van der Waals surface area contributed by atoms with E-state index >= 15 is 0 Å². The first-order valence-electron chi connectivity index (χ1n) is 5.77. The minimum Gasteiger partial charge on any atom is -0.385 e. The molecule has 0 bridgehead atoms. The van der Waals surface area contributed by atoms with Crippen LogP contribution in [-0.4, -0.2) is 12.1 Å². The van der Waals surface area contributed by atoms with Crippen molar-refractivity contribution in [2.75, 3.05) is 11.9 Å². The van der Waals surface area contributed by atoms with Crippen molar-refractivity contribution >= 4 is 17.3 Å². The summed E-state index contributed by atoms with van der Waals surface area (Å²) in [5.74, 6) is 0. The Morgan fingerprint density at radius 2 is 2.12 bits per heavy atom. The highest BCUT2D eigenvalue weighted by atomic mass is 35.5. The lowest BCUT2D eigenvalue weighted by Gasteiger charge is -2.34. The quantitative estimate of drug-likeness (QED) is 0.782. The van der Waals surface area contributed by atoms with Crippen LogP contribution in [0.25, 0.3) is 0 Å². The summed E-state index contributed by atoms with van der Waals surface area (Å²) in [6, 6.07) is 6.40. The first-order valence-corrected chi connectivity index (χ1v) is 6.15. The van der Waals surface area contributed by atoms with Crippen LogP contribution in [0.1, 0.15) is 38.8 Å². The van der Waals surface area contributed by atoms with Gasteiger partial charge in [-0.15, -0.1) is 0 Å². The summed E-state index contributed by atoms with van der Waals surface area (Å²) in [6.07, 6.45) is 1.08. The molecule has 88 valence electrons.